The van der Waals surface area contributed by atoms with E-state index in [0.717, 1.165) is 0 Å². The van der Waals surface area contributed by atoms with E-state index in [4.69, 9.17) is 4.74 Å². The van der Waals surface area contributed by atoms with E-state index in [1.54, 1.807) is 6.92 Å². The van der Waals surface area contributed by atoms with Crippen LogP contribution in [0, 0.1) is 11.7 Å². The third-order valence-corrected chi connectivity index (χ3v) is 2.16. The van der Waals surface area contributed by atoms with Crippen LogP contribution in [0.4, 0.5) is 10.1 Å². The highest BCUT2D eigenvalue weighted by molar-refractivity contribution is 5.93. The van der Waals surface area contributed by atoms with E-state index in [0.29, 0.717) is 18.2 Å². The van der Waals surface area contributed by atoms with Gasteiger partial charge in [-0.15, -0.1) is 0 Å². The van der Waals surface area contributed by atoms with E-state index in [1.807, 2.05) is 13.8 Å². The lowest BCUT2D eigenvalue weighted by Crippen LogP contribution is -2.28. The molecule has 0 bridgehead atoms. The molecule has 1 N–H and O–H groups in total. The Labute approximate surface area is 101 Å². The van der Waals surface area contributed by atoms with Crippen LogP contribution in [-0.2, 0) is 9.53 Å². The summed E-state index contributed by atoms with van der Waals surface area (Å²) in [6, 6.07) is 5.63. The molecule has 4 heteroatoms. The van der Waals surface area contributed by atoms with Crippen molar-refractivity contribution in [1.29, 1.82) is 0 Å². The zero-order valence-corrected chi connectivity index (χ0v) is 10.4. The third-order valence-electron chi connectivity index (χ3n) is 2.16. The van der Waals surface area contributed by atoms with Crippen LogP contribution in [0.5, 0.6) is 0 Å². The van der Waals surface area contributed by atoms with Crippen LogP contribution in [-0.4, -0.2) is 18.6 Å². The molecule has 1 aromatic rings. The van der Waals surface area contributed by atoms with Crippen molar-refractivity contribution in [3.8, 4) is 0 Å². The number of carbonyl (C=O) groups is 1. The van der Waals surface area contributed by atoms with Crippen molar-refractivity contribution in [2.24, 2.45) is 5.92 Å². The fourth-order valence-corrected chi connectivity index (χ4v) is 1.19. The summed E-state index contributed by atoms with van der Waals surface area (Å²) < 4.78 is 18.0. The van der Waals surface area contributed by atoms with Crippen molar-refractivity contribution in [3.05, 3.63) is 30.1 Å². The quantitative estimate of drug-likeness (QED) is 0.858. The fourth-order valence-electron chi connectivity index (χ4n) is 1.19. The molecule has 0 fully saturated rings. The Morgan fingerprint density at radius 3 is 2.41 bits per heavy atom. The predicted octanol–water partition coefficient (Wildman–Crippen LogP) is 2.83. The van der Waals surface area contributed by atoms with Gasteiger partial charge in [0.05, 0.1) is 0 Å². The molecule has 0 aliphatic heterocycles. The molecule has 1 rings (SSSR count). The van der Waals surface area contributed by atoms with E-state index in [2.05, 4.69) is 5.32 Å². The second-order valence-electron chi connectivity index (χ2n) is 4.37. The molecule has 94 valence electrons. The third kappa shape index (κ3) is 4.95. The zero-order chi connectivity index (χ0) is 12.8. The van der Waals surface area contributed by atoms with Gasteiger partial charge in [0, 0.05) is 12.3 Å². The summed E-state index contributed by atoms with van der Waals surface area (Å²) in [5.74, 6) is -0.166. The van der Waals surface area contributed by atoms with E-state index < -0.39 is 6.10 Å². The Kier molecular flexibility index (Phi) is 5.10. The molecule has 0 heterocycles. The molecule has 1 amide bonds. The lowest BCUT2D eigenvalue weighted by Gasteiger charge is -2.14. The topological polar surface area (TPSA) is 38.3 Å². The predicted molar refractivity (Wildman–Crippen MR) is 65.3 cm³/mol. The molecule has 3 nitrogen and oxygen atoms in total. The first-order chi connectivity index (χ1) is 7.99. The normalized spacial score (nSPS) is 12.5. The summed E-state index contributed by atoms with van der Waals surface area (Å²) in [6.45, 7) is 6.27. The van der Waals surface area contributed by atoms with Crippen molar-refractivity contribution in [3.63, 3.8) is 0 Å². The van der Waals surface area contributed by atoms with Gasteiger partial charge in [-0.05, 0) is 37.1 Å². The maximum Gasteiger partial charge on any atom is 0.253 e. The molecule has 0 saturated carbocycles. The van der Waals surface area contributed by atoms with Gasteiger partial charge in [-0.3, -0.25) is 4.79 Å². The first-order valence-corrected chi connectivity index (χ1v) is 5.67. The van der Waals surface area contributed by atoms with Crippen molar-refractivity contribution < 1.29 is 13.9 Å². The van der Waals surface area contributed by atoms with Crippen LogP contribution in [0.3, 0.4) is 0 Å². The average molecular weight is 239 g/mol. The van der Waals surface area contributed by atoms with Gasteiger partial charge in [-0.25, -0.2) is 4.39 Å². The molecule has 0 spiro atoms. The minimum Gasteiger partial charge on any atom is -0.368 e. The number of nitrogens with one attached hydrogen (secondary N) is 1. The standard InChI is InChI=1S/C13H18FNO2/c1-9(2)8-17-10(3)13(16)15-12-6-4-11(14)5-7-12/h4-7,9-10H,8H2,1-3H3,(H,15,16)/t10-/m0/s1. The first-order valence-electron chi connectivity index (χ1n) is 5.67. The highest BCUT2D eigenvalue weighted by Gasteiger charge is 2.13. The molecular weight excluding hydrogens is 221 g/mol. The Morgan fingerprint density at radius 1 is 1.29 bits per heavy atom. The molecule has 0 aliphatic rings. The van der Waals surface area contributed by atoms with E-state index in [9.17, 15) is 9.18 Å². The van der Waals surface area contributed by atoms with Gasteiger partial charge in [-0.1, -0.05) is 13.8 Å². The lowest BCUT2D eigenvalue weighted by atomic mass is 10.2. The highest BCUT2D eigenvalue weighted by Crippen LogP contribution is 2.09. The van der Waals surface area contributed by atoms with Crippen molar-refractivity contribution in [1.82, 2.24) is 0 Å². The average Bonchev–Trinajstić information content (AvgIpc) is 2.28. The molecule has 0 radical (unpaired) electrons. The SMILES string of the molecule is CC(C)CO[C@@H](C)C(=O)Nc1ccc(F)cc1. The summed E-state index contributed by atoms with van der Waals surface area (Å²) in [7, 11) is 0. The van der Waals surface area contributed by atoms with Crippen LogP contribution in [0.2, 0.25) is 0 Å². The minimum absolute atomic E-state index is 0.225. The number of hydrogen-bond acceptors (Lipinski definition) is 2. The lowest BCUT2D eigenvalue weighted by molar-refractivity contribution is -0.126. The number of hydrogen-bond donors (Lipinski definition) is 1. The van der Waals surface area contributed by atoms with E-state index in [1.165, 1.54) is 24.3 Å². The van der Waals surface area contributed by atoms with Crippen LogP contribution in [0.15, 0.2) is 24.3 Å². The number of amides is 1. The summed E-state index contributed by atoms with van der Waals surface area (Å²) in [5, 5.41) is 2.66. The number of halogens is 1. The van der Waals surface area contributed by atoms with Crippen molar-refractivity contribution in [2.75, 3.05) is 11.9 Å². The highest BCUT2D eigenvalue weighted by atomic mass is 19.1. The largest absolute Gasteiger partial charge is 0.368 e. The number of benzene rings is 1. The summed E-state index contributed by atoms with van der Waals surface area (Å²) in [6.07, 6.45) is -0.512. The van der Waals surface area contributed by atoms with E-state index in [-0.39, 0.29) is 11.7 Å². The zero-order valence-electron chi connectivity index (χ0n) is 10.4. The fraction of sp³-hybridized carbons (Fsp3) is 0.462. The molecule has 1 aromatic carbocycles. The molecule has 0 aliphatic carbocycles. The van der Waals surface area contributed by atoms with Crippen molar-refractivity contribution in [2.45, 2.75) is 26.9 Å². The van der Waals surface area contributed by atoms with Crippen LogP contribution in [0.25, 0.3) is 0 Å². The van der Waals surface area contributed by atoms with Crippen LogP contribution < -0.4 is 5.32 Å². The van der Waals surface area contributed by atoms with Gasteiger partial charge >= 0.3 is 0 Å². The number of ether oxygens (including phenoxy) is 1. The maximum atomic E-state index is 12.7. The number of anilines is 1. The van der Waals surface area contributed by atoms with Gasteiger partial charge in [0.2, 0.25) is 0 Å². The Hall–Kier alpha value is -1.42. The molecule has 0 unspecified atom stereocenters. The van der Waals surface area contributed by atoms with Gasteiger partial charge in [0.1, 0.15) is 11.9 Å². The Morgan fingerprint density at radius 2 is 1.88 bits per heavy atom. The summed E-state index contributed by atoms with van der Waals surface area (Å²) in [5.41, 5.74) is 0.566. The summed E-state index contributed by atoms with van der Waals surface area (Å²) in [4.78, 5) is 11.7. The molecule has 1 atom stereocenters. The number of carbonyl (C=O) groups excluding carboxylic acids is 1. The maximum absolute atomic E-state index is 12.7. The molecular formula is C13H18FNO2. The Balaban J connectivity index is 2.45. The second kappa shape index (κ2) is 6.35. The molecule has 0 aromatic heterocycles. The Bertz CT molecular complexity index is 362. The molecule has 0 saturated heterocycles. The minimum atomic E-state index is -0.512. The monoisotopic (exact) mass is 239 g/mol. The summed E-state index contributed by atoms with van der Waals surface area (Å²) >= 11 is 0. The van der Waals surface area contributed by atoms with E-state index >= 15 is 0 Å². The molecule has 17 heavy (non-hydrogen) atoms. The smallest absolute Gasteiger partial charge is 0.253 e. The van der Waals surface area contributed by atoms with Gasteiger partial charge < -0.3 is 10.1 Å². The second-order valence-corrected chi connectivity index (χ2v) is 4.37. The first kappa shape index (κ1) is 13.6. The van der Waals surface area contributed by atoms with Gasteiger partial charge in [0.15, 0.2) is 0 Å². The number of rotatable bonds is 5. The van der Waals surface area contributed by atoms with Crippen LogP contribution in [0.1, 0.15) is 20.8 Å². The van der Waals surface area contributed by atoms with Gasteiger partial charge in [0.25, 0.3) is 5.91 Å². The van der Waals surface area contributed by atoms with Gasteiger partial charge in [-0.2, -0.15) is 0 Å². The van der Waals surface area contributed by atoms with Crippen LogP contribution >= 0.6 is 0 Å². The van der Waals surface area contributed by atoms with Crippen molar-refractivity contribution >= 4 is 11.6 Å².